The molecule has 2 aliphatic heterocycles. The first-order valence-corrected chi connectivity index (χ1v) is 10.1. The largest absolute Gasteiger partial charge is 0.467 e. The maximum Gasteiger partial charge on any atom is 0.325 e. The van der Waals surface area contributed by atoms with E-state index in [-0.39, 0.29) is 31.5 Å². The highest BCUT2D eigenvalue weighted by atomic mass is 32.1. The summed E-state index contributed by atoms with van der Waals surface area (Å²) in [6, 6.07) is 4.15. The van der Waals surface area contributed by atoms with Crippen LogP contribution in [0.15, 0.2) is 23.6 Å². The van der Waals surface area contributed by atoms with E-state index in [4.69, 9.17) is 9.47 Å². The molecule has 3 amide bonds. The Hall–Kier alpha value is -2.98. The van der Waals surface area contributed by atoms with Gasteiger partial charge < -0.3 is 14.8 Å². The minimum atomic E-state index is -1.05. The van der Waals surface area contributed by atoms with Crippen molar-refractivity contribution in [3.63, 3.8) is 0 Å². The van der Waals surface area contributed by atoms with Crippen LogP contribution in [-0.2, 0) is 34.6 Å². The van der Waals surface area contributed by atoms with Crippen LogP contribution in [0.2, 0.25) is 0 Å². The SMILES string of the molecule is O=C1N[C@@]2(CCCc3sccc32)C(=O)N1Cc1cc([N+](=O)[O-])cc2c1OCOC2. The van der Waals surface area contributed by atoms with Crippen LogP contribution in [0, 0.1) is 10.1 Å². The minimum absolute atomic E-state index is 0.0140. The van der Waals surface area contributed by atoms with E-state index in [1.807, 2.05) is 11.4 Å². The molecule has 29 heavy (non-hydrogen) atoms. The number of hydrogen-bond acceptors (Lipinski definition) is 7. The van der Waals surface area contributed by atoms with Crippen LogP contribution in [-0.4, -0.2) is 28.6 Å². The first-order valence-electron chi connectivity index (χ1n) is 9.21. The van der Waals surface area contributed by atoms with E-state index >= 15 is 0 Å². The van der Waals surface area contributed by atoms with Crippen molar-refractivity contribution in [1.82, 2.24) is 10.2 Å². The Balaban J connectivity index is 1.52. The smallest absolute Gasteiger partial charge is 0.325 e. The summed E-state index contributed by atoms with van der Waals surface area (Å²) in [5, 5.41) is 16.1. The van der Waals surface area contributed by atoms with Crippen LogP contribution >= 0.6 is 11.3 Å². The lowest BCUT2D eigenvalue weighted by Gasteiger charge is -2.31. The summed E-state index contributed by atoms with van der Waals surface area (Å²) in [6.07, 6.45) is 2.24. The summed E-state index contributed by atoms with van der Waals surface area (Å²) in [6.45, 7) is 0.0857. The average Bonchev–Trinajstić information content (AvgIpc) is 3.28. The molecule has 3 heterocycles. The van der Waals surface area contributed by atoms with E-state index in [1.54, 1.807) is 11.3 Å². The standard InChI is InChI=1S/C19H17N3O6S/c23-17-19(4-1-2-15-14(19)3-5-29-15)20-18(24)21(17)8-11-6-13(22(25)26)7-12-9-27-10-28-16(11)12/h3,5-7H,1-2,4,8-10H2,(H,20,24)/t19-/m1/s1. The Labute approximate surface area is 169 Å². The zero-order valence-corrected chi connectivity index (χ0v) is 16.1. The van der Waals surface area contributed by atoms with Gasteiger partial charge in [-0.2, -0.15) is 0 Å². The predicted octanol–water partition coefficient (Wildman–Crippen LogP) is 2.81. The van der Waals surface area contributed by atoms with Crippen LogP contribution in [0.1, 0.15) is 34.4 Å². The van der Waals surface area contributed by atoms with Gasteiger partial charge in [-0.1, -0.05) is 0 Å². The molecule has 1 fully saturated rings. The predicted molar refractivity (Wildman–Crippen MR) is 101 cm³/mol. The Morgan fingerprint density at radius 2 is 2.21 bits per heavy atom. The van der Waals surface area contributed by atoms with Gasteiger partial charge in [-0.15, -0.1) is 11.3 Å². The molecule has 3 aliphatic rings. The summed E-state index contributed by atoms with van der Waals surface area (Å²) in [5.74, 6) is 0.109. The van der Waals surface area contributed by atoms with Gasteiger partial charge in [0.15, 0.2) is 6.79 Å². The van der Waals surface area contributed by atoms with Crippen LogP contribution < -0.4 is 10.1 Å². The minimum Gasteiger partial charge on any atom is -0.467 e. The number of non-ortho nitro benzene ring substituents is 1. The molecule has 1 saturated heterocycles. The quantitative estimate of drug-likeness (QED) is 0.469. The number of aryl methyl sites for hydroxylation is 1. The average molecular weight is 415 g/mol. The lowest BCUT2D eigenvalue weighted by Crippen LogP contribution is -2.46. The van der Waals surface area contributed by atoms with E-state index < -0.39 is 16.5 Å². The van der Waals surface area contributed by atoms with Crippen molar-refractivity contribution in [2.24, 2.45) is 0 Å². The number of nitro benzene ring substituents is 1. The zero-order chi connectivity index (χ0) is 20.2. The molecule has 1 aromatic heterocycles. The van der Waals surface area contributed by atoms with Crippen molar-refractivity contribution in [2.45, 2.75) is 38.0 Å². The van der Waals surface area contributed by atoms with Crippen molar-refractivity contribution in [3.05, 3.63) is 55.3 Å². The van der Waals surface area contributed by atoms with E-state index in [0.29, 0.717) is 23.3 Å². The lowest BCUT2D eigenvalue weighted by molar-refractivity contribution is -0.385. The number of benzene rings is 1. The zero-order valence-electron chi connectivity index (χ0n) is 15.3. The number of thiophene rings is 1. The third kappa shape index (κ3) is 2.70. The highest BCUT2D eigenvalue weighted by Gasteiger charge is 2.54. The second-order valence-corrected chi connectivity index (χ2v) is 8.30. The number of carbonyl (C=O) groups excluding carboxylic acids is 2. The molecule has 150 valence electrons. The number of nitrogens with zero attached hydrogens (tertiary/aromatic N) is 2. The Bertz CT molecular complexity index is 1050. The monoisotopic (exact) mass is 415 g/mol. The number of ether oxygens (including phenoxy) is 2. The third-order valence-corrected chi connectivity index (χ3v) is 6.63. The highest BCUT2D eigenvalue weighted by molar-refractivity contribution is 7.10. The van der Waals surface area contributed by atoms with Crippen LogP contribution in [0.5, 0.6) is 5.75 Å². The molecule has 1 spiro atoms. The van der Waals surface area contributed by atoms with Gasteiger partial charge in [0.2, 0.25) is 0 Å². The van der Waals surface area contributed by atoms with Gasteiger partial charge >= 0.3 is 6.03 Å². The molecule has 9 nitrogen and oxygen atoms in total. The topological polar surface area (TPSA) is 111 Å². The van der Waals surface area contributed by atoms with Gasteiger partial charge in [0.25, 0.3) is 11.6 Å². The van der Waals surface area contributed by atoms with Gasteiger partial charge in [-0.05, 0) is 30.7 Å². The molecule has 0 saturated carbocycles. The number of rotatable bonds is 3. The Morgan fingerprint density at radius 3 is 3.03 bits per heavy atom. The maximum atomic E-state index is 13.4. The molecule has 1 atom stereocenters. The number of nitrogens with one attached hydrogen (secondary N) is 1. The maximum absolute atomic E-state index is 13.4. The first-order chi connectivity index (χ1) is 14.0. The van der Waals surface area contributed by atoms with E-state index in [1.165, 1.54) is 12.1 Å². The Kier molecular flexibility index (Phi) is 4.07. The molecule has 0 radical (unpaired) electrons. The number of fused-ring (bicyclic) bond motifs is 3. The molecule has 5 rings (SSSR count). The summed E-state index contributed by atoms with van der Waals surface area (Å²) < 4.78 is 10.8. The third-order valence-electron chi connectivity index (χ3n) is 5.65. The van der Waals surface area contributed by atoms with Gasteiger partial charge in [0, 0.05) is 33.7 Å². The van der Waals surface area contributed by atoms with Crippen LogP contribution in [0.4, 0.5) is 10.5 Å². The molecule has 2 aromatic rings. The van der Waals surface area contributed by atoms with Crippen molar-refractivity contribution in [3.8, 4) is 5.75 Å². The molecule has 0 unspecified atom stereocenters. The fourth-order valence-corrected chi connectivity index (χ4v) is 5.36. The molecule has 1 aromatic carbocycles. The van der Waals surface area contributed by atoms with Gasteiger partial charge in [-0.3, -0.25) is 19.8 Å². The number of carbonyl (C=O) groups is 2. The number of imide groups is 1. The number of urea groups is 1. The summed E-state index contributed by atoms with van der Waals surface area (Å²) >= 11 is 1.59. The van der Waals surface area contributed by atoms with Crippen LogP contribution in [0.25, 0.3) is 0 Å². The van der Waals surface area contributed by atoms with Gasteiger partial charge in [-0.25, -0.2) is 4.79 Å². The van der Waals surface area contributed by atoms with Crippen molar-refractivity contribution in [2.75, 3.05) is 6.79 Å². The Morgan fingerprint density at radius 1 is 1.34 bits per heavy atom. The fourth-order valence-electron chi connectivity index (χ4n) is 4.36. The molecular weight excluding hydrogens is 398 g/mol. The second kappa shape index (κ2) is 6.53. The first kappa shape index (κ1) is 18.1. The van der Waals surface area contributed by atoms with Gasteiger partial charge in [0.1, 0.15) is 11.3 Å². The second-order valence-electron chi connectivity index (χ2n) is 7.30. The molecule has 0 bridgehead atoms. The lowest BCUT2D eigenvalue weighted by atomic mass is 9.80. The number of nitro groups is 1. The van der Waals surface area contributed by atoms with E-state index in [0.717, 1.165) is 28.2 Å². The van der Waals surface area contributed by atoms with Crippen LogP contribution in [0.3, 0.4) is 0 Å². The summed E-state index contributed by atoms with van der Waals surface area (Å²) in [5.41, 5.74) is 0.627. The fraction of sp³-hybridized carbons (Fsp3) is 0.368. The molecule has 1 N–H and O–H groups in total. The molecule has 1 aliphatic carbocycles. The van der Waals surface area contributed by atoms with E-state index in [9.17, 15) is 19.7 Å². The van der Waals surface area contributed by atoms with Gasteiger partial charge in [0.05, 0.1) is 18.1 Å². The van der Waals surface area contributed by atoms with E-state index in [2.05, 4.69) is 5.32 Å². The molecule has 10 heteroatoms. The van der Waals surface area contributed by atoms with Crippen molar-refractivity contribution < 1.29 is 24.0 Å². The number of amides is 3. The number of hydrogen-bond donors (Lipinski definition) is 1. The summed E-state index contributed by atoms with van der Waals surface area (Å²) in [7, 11) is 0. The highest BCUT2D eigenvalue weighted by Crippen LogP contribution is 2.43. The normalized spacial score (nSPS) is 22.8. The van der Waals surface area contributed by atoms with Crippen molar-refractivity contribution >= 4 is 29.0 Å². The van der Waals surface area contributed by atoms with Crippen molar-refractivity contribution in [1.29, 1.82) is 0 Å². The molecular formula is C19H17N3O6S. The summed E-state index contributed by atoms with van der Waals surface area (Å²) in [4.78, 5) is 39.2.